The SMILES string of the molecule is CCOc1cc(=O)n(C)cc1-c1cnn(-c2cc(OC3CC3)ccc2C#N)c1. The summed E-state index contributed by atoms with van der Waals surface area (Å²) in [4.78, 5) is 12.0. The smallest absolute Gasteiger partial charge is 0.254 e. The van der Waals surface area contributed by atoms with Crippen molar-refractivity contribution >= 4 is 0 Å². The first-order valence-electron chi connectivity index (χ1n) is 9.18. The monoisotopic (exact) mass is 376 g/mol. The van der Waals surface area contributed by atoms with Gasteiger partial charge in [-0.2, -0.15) is 10.4 Å². The molecule has 142 valence electrons. The van der Waals surface area contributed by atoms with Gasteiger partial charge < -0.3 is 14.0 Å². The van der Waals surface area contributed by atoms with Crippen molar-refractivity contribution in [2.24, 2.45) is 7.05 Å². The van der Waals surface area contributed by atoms with Crippen LogP contribution in [0.25, 0.3) is 16.8 Å². The van der Waals surface area contributed by atoms with Gasteiger partial charge in [0.2, 0.25) is 0 Å². The number of hydrogen-bond acceptors (Lipinski definition) is 5. The van der Waals surface area contributed by atoms with Gasteiger partial charge in [0.05, 0.1) is 30.2 Å². The maximum atomic E-state index is 12.0. The summed E-state index contributed by atoms with van der Waals surface area (Å²) in [5.41, 5.74) is 2.56. The molecule has 1 saturated carbocycles. The molecule has 3 aromatic rings. The van der Waals surface area contributed by atoms with Crippen LogP contribution in [0.5, 0.6) is 11.5 Å². The second kappa shape index (κ2) is 7.24. The van der Waals surface area contributed by atoms with Gasteiger partial charge in [-0.3, -0.25) is 4.79 Å². The van der Waals surface area contributed by atoms with Gasteiger partial charge in [0.1, 0.15) is 17.6 Å². The van der Waals surface area contributed by atoms with E-state index in [2.05, 4.69) is 11.2 Å². The Morgan fingerprint density at radius 2 is 2.11 bits per heavy atom. The Bertz CT molecular complexity index is 1120. The minimum absolute atomic E-state index is 0.142. The lowest BCUT2D eigenvalue weighted by Crippen LogP contribution is -2.15. The number of pyridine rings is 1. The second-order valence-corrected chi connectivity index (χ2v) is 6.72. The third-order valence-electron chi connectivity index (χ3n) is 4.55. The Kier molecular flexibility index (Phi) is 4.62. The molecular formula is C21H20N4O3. The molecule has 4 rings (SSSR count). The molecule has 0 atom stereocenters. The third kappa shape index (κ3) is 3.49. The molecule has 1 fully saturated rings. The van der Waals surface area contributed by atoms with Crippen molar-refractivity contribution in [3.63, 3.8) is 0 Å². The van der Waals surface area contributed by atoms with E-state index in [0.717, 1.165) is 29.7 Å². The van der Waals surface area contributed by atoms with Crippen molar-refractivity contribution in [2.75, 3.05) is 6.61 Å². The minimum atomic E-state index is -0.142. The average molecular weight is 376 g/mol. The van der Waals surface area contributed by atoms with Crippen LogP contribution < -0.4 is 15.0 Å². The molecule has 0 bridgehead atoms. The van der Waals surface area contributed by atoms with E-state index in [0.29, 0.717) is 23.6 Å². The predicted molar refractivity (Wildman–Crippen MR) is 104 cm³/mol. The van der Waals surface area contributed by atoms with Gasteiger partial charge in [0.25, 0.3) is 5.56 Å². The average Bonchev–Trinajstić information content (AvgIpc) is 3.37. The number of benzene rings is 1. The minimum Gasteiger partial charge on any atom is -0.493 e. The Labute approximate surface area is 162 Å². The molecule has 1 aliphatic rings. The number of nitrogens with zero attached hydrogens (tertiary/aromatic N) is 4. The van der Waals surface area contributed by atoms with Crippen molar-refractivity contribution < 1.29 is 9.47 Å². The van der Waals surface area contributed by atoms with Crippen molar-refractivity contribution in [1.82, 2.24) is 14.3 Å². The summed E-state index contributed by atoms with van der Waals surface area (Å²) in [5, 5.41) is 13.9. The van der Waals surface area contributed by atoms with Crippen LogP contribution in [0.15, 0.2) is 47.7 Å². The highest BCUT2D eigenvalue weighted by Crippen LogP contribution is 2.31. The summed E-state index contributed by atoms with van der Waals surface area (Å²) >= 11 is 0. The number of aromatic nitrogens is 3. The first-order valence-corrected chi connectivity index (χ1v) is 9.18. The van der Waals surface area contributed by atoms with E-state index in [4.69, 9.17) is 9.47 Å². The summed E-state index contributed by atoms with van der Waals surface area (Å²) in [6.07, 6.45) is 7.64. The zero-order valence-corrected chi connectivity index (χ0v) is 15.8. The van der Waals surface area contributed by atoms with Gasteiger partial charge in [-0.15, -0.1) is 0 Å². The van der Waals surface area contributed by atoms with Gasteiger partial charge in [0, 0.05) is 42.7 Å². The summed E-state index contributed by atoms with van der Waals surface area (Å²) in [5.74, 6) is 1.24. The largest absolute Gasteiger partial charge is 0.493 e. The number of nitriles is 1. The molecular weight excluding hydrogens is 356 g/mol. The fraction of sp³-hybridized carbons (Fsp3) is 0.286. The molecule has 0 N–H and O–H groups in total. The molecule has 0 unspecified atom stereocenters. The lowest BCUT2D eigenvalue weighted by atomic mass is 10.1. The third-order valence-corrected chi connectivity index (χ3v) is 4.55. The molecule has 0 radical (unpaired) electrons. The lowest BCUT2D eigenvalue weighted by Gasteiger charge is -2.10. The molecule has 1 aliphatic carbocycles. The van der Waals surface area contributed by atoms with E-state index in [1.807, 2.05) is 25.3 Å². The predicted octanol–water partition coefficient (Wildman–Crippen LogP) is 3.05. The Morgan fingerprint density at radius 3 is 2.82 bits per heavy atom. The van der Waals surface area contributed by atoms with Crippen molar-refractivity contribution in [3.05, 3.63) is 58.8 Å². The zero-order chi connectivity index (χ0) is 19.7. The van der Waals surface area contributed by atoms with E-state index < -0.39 is 0 Å². The molecule has 0 spiro atoms. The van der Waals surface area contributed by atoms with Crippen LogP contribution in [0, 0.1) is 11.3 Å². The molecule has 1 aromatic carbocycles. The Balaban J connectivity index is 1.75. The topological polar surface area (TPSA) is 82.1 Å². The molecule has 2 aromatic heterocycles. The normalized spacial score (nSPS) is 13.2. The van der Waals surface area contributed by atoms with Gasteiger partial charge in [-0.05, 0) is 31.9 Å². The lowest BCUT2D eigenvalue weighted by molar-refractivity contribution is 0.303. The van der Waals surface area contributed by atoms with Crippen LogP contribution in [0.2, 0.25) is 0 Å². The van der Waals surface area contributed by atoms with E-state index >= 15 is 0 Å². The Hall–Kier alpha value is -3.53. The highest BCUT2D eigenvalue weighted by Gasteiger charge is 2.24. The van der Waals surface area contributed by atoms with Gasteiger partial charge in [-0.1, -0.05) is 0 Å². The fourth-order valence-corrected chi connectivity index (χ4v) is 2.95. The summed E-state index contributed by atoms with van der Waals surface area (Å²) in [6.45, 7) is 2.32. The number of ether oxygens (including phenoxy) is 2. The number of hydrogen-bond donors (Lipinski definition) is 0. The Morgan fingerprint density at radius 1 is 1.29 bits per heavy atom. The zero-order valence-electron chi connectivity index (χ0n) is 15.8. The number of rotatable bonds is 6. The van der Waals surface area contributed by atoms with Crippen molar-refractivity contribution in [1.29, 1.82) is 5.26 Å². The summed E-state index contributed by atoms with van der Waals surface area (Å²) in [6, 6.07) is 9.06. The molecule has 7 heteroatoms. The summed E-state index contributed by atoms with van der Waals surface area (Å²) in [7, 11) is 1.69. The van der Waals surface area contributed by atoms with Crippen LogP contribution in [0.3, 0.4) is 0 Å². The van der Waals surface area contributed by atoms with Gasteiger partial charge in [-0.25, -0.2) is 4.68 Å². The molecule has 0 aliphatic heterocycles. The first-order chi connectivity index (χ1) is 13.6. The molecule has 0 amide bonds. The quantitative estimate of drug-likeness (QED) is 0.660. The standard InChI is InChI=1S/C21H20N4O3/c1-3-27-20-9-21(26)24(2)13-18(20)15-11-23-25(12-15)19-8-17(28-16-6-7-16)5-4-14(19)10-22/h4-5,8-9,11-13,16H,3,6-7H2,1-2H3. The highest BCUT2D eigenvalue weighted by molar-refractivity contribution is 5.69. The van der Waals surface area contributed by atoms with Crippen LogP contribution in [-0.4, -0.2) is 27.1 Å². The fourth-order valence-electron chi connectivity index (χ4n) is 2.95. The highest BCUT2D eigenvalue weighted by atomic mass is 16.5. The van der Waals surface area contributed by atoms with E-state index in [1.165, 1.54) is 10.6 Å². The maximum Gasteiger partial charge on any atom is 0.254 e. The van der Waals surface area contributed by atoms with Crippen molar-refractivity contribution in [3.8, 4) is 34.4 Å². The van der Waals surface area contributed by atoms with E-state index in [9.17, 15) is 10.1 Å². The maximum absolute atomic E-state index is 12.0. The van der Waals surface area contributed by atoms with Crippen LogP contribution in [0.1, 0.15) is 25.3 Å². The van der Waals surface area contributed by atoms with E-state index in [-0.39, 0.29) is 11.7 Å². The van der Waals surface area contributed by atoms with Crippen LogP contribution in [-0.2, 0) is 7.05 Å². The van der Waals surface area contributed by atoms with Gasteiger partial charge >= 0.3 is 0 Å². The van der Waals surface area contributed by atoms with E-state index in [1.54, 1.807) is 30.2 Å². The first kappa shape index (κ1) is 17.9. The molecule has 0 saturated heterocycles. The number of aryl methyl sites for hydroxylation is 1. The van der Waals surface area contributed by atoms with Gasteiger partial charge in [0.15, 0.2) is 0 Å². The summed E-state index contributed by atoms with van der Waals surface area (Å²) < 4.78 is 14.6. The van der Waals surface area contributed by atoms with Crippen LogP contribution in [0.4, 0.5) is 0 Å². The molecule has 7 nitrogen and oxygen atoms in total. The van der Waals surface area contributed by atoms with Crippen molar-refractivity contribution in [2.45, 2.75) is 25.9 Å². The van der Waals surface area contributed by atoms with Crippen LogP contribution >= 0.6 is 0 Å². The molecule has 2 heterocycles. The second-order valence-electron chi connectivity index (χ2n) is 6.72. The molecule has 28 heavy (non-hydrogen) atoms.